The van der Waals surface area contributed by atoms with Crippen molar-refractivity contribution in [3.8, 4) is 0 Å². The van der Waals surface area contributed by atoms with Crippen LogP contribution in [0.2, 0.25) is 0 Å². The van der Waals surface area contributed by atoms with E-state index in [0.29, 0.717) is 24.1 Å². The van der Waals surface area contributed by atoms with Gasteiger partial charge in [0.15, 0.2) is 0 Å². The number of carbonyl (C=O) groups is 3. The van der Waals surface area contributed by atoms with Gasteiger partial charge in [0.2, 0.25) is 11.8 Å². The molecule has 2 amide bonds. The molecular formula is C17H20N2O4. The van der Waals surface area contributed by atoms with Crippen molar-refractivity contribution >= 4 is 23.5 Å². The highest BCUT2D eigenvalue weighted by Gasteiger charge is 2.58. The third-order valence-electron chi connectivity index (χ3n) is 4.55. The van der Waals surface area contributed by atoms with Crippen LogP contribution in [-0.4, -0.2) is 42.9 Å². The Balaban J connectivity index is 1.66. The number of likely N-dealkylation sites (tertiary alicyclic amines) is 1. The predicted molar refractivity (Wildman–Crippen MR) is 83.9 cm³/mol. The summed E-state index contributed by atoms with van der Waals surface area (Å²) in [5, 5.41) is 2.79. The molecule has 0 aromatic heterocycles. The number of hydrogen-bond acceptors (Lipinski definition) is 4. The van der Waals surface area contributed by atoms with Crippen molar-refractivity contribution in [1.29, 1.82) is 0 Å². The van der Waals surface area contributed by atoms with Gasteiger partial charge in [0.05, 0.1) is 12.7 Å². The van der Waals surface area contributed by atoms with E-state index >= 15 is 0 Å². The molecule has 3 rings (SSSR count). The van der Waals surface area contributed by atoms with Crippen LogP contribution >= 0.6 is 0 Å². The molecular weight excluding hydrogens is 296 g/mol. The average molecular weight is 316 g/mol. The van der Waals surface area contributed by atoms with Crippen LogP contribution in [0, 0.1) is 5.41 Å². The highest BCUT2D eigenvalue weighted by molar-refractivity contribution is 6.13. The average Bonchev–Trinajstić information content (AvgIpc) is 3.21. The second-order valence-corrected chi connectivity index (χ2v) is 6.10. The molecule has 0 radical (unpaired) electrons. The van der Waals surface area contributed by atoms with Crippen LogP contribution in [0.1, 0.15) is 36.0 Å². The molecule has 1 aliphatic heterocycles. The van der Waals surface area contributed by atoms with Crippen LogP contribution in [0.15, 0.2) is 24.3 Å². The van der Waals surface area contributed by atoms with E-state index in [1.165, 1.54) is 7.11 Å². The lowest BCUT2D eigenvalue weighted by molar-refractivity contribution is -0.141. The monoisotopic (exact) mass is 316 g/mol. The first kappa shape index (κ1) is 15.5. The largest absolute Gasteiger partial charge is 0.465 e. The third kappa shape index (κ3) is 2.93. The van der Waals surface area contributed by atoms with E-state index in [2.05, 4.69) is 10.1 Å². The van der Waals surface area contributed by atoms with Gasteiger partial charge >= 0.3 is 5.97 Å². The maximum absolute atomic E-state index is 12.5. The molecule has 1 saturated carbocycles. The first-order valence-corrected chi connectivity index (χ1v) is 7.86. The topological polar surface area (TPSA) is 75.7 Å². The summed E-state index contributed by atoms with van der Waals surface area (Å²) < 4.78 is 4.63. The van der Waals surface area contributed by atoms with E-state index in [-0.39, 0.29) is 11.8 Å². The van der Waals surface area contributed by atoms with Gasteiger partial charge in [-0.25, -0.2) is 4.79 Å². The number of methoxy groups -OCH3 is 1. The molecule has 2 fully saturated rings. The summed E-state index contributed by atoms with van der Waals surface area (Å²) in [5.74, 6) is -0.718. The van der Waals surface area contributed by atoms with Crippen molar-refractivity contribution in [1.82, 2.24) is 4.90 Å². The van der Waals surface area contributed by atoms with Gasteiger partial charge in [0.25, 0.3) is 0 Å². The molecule has 0 bridgehead atoms. The summed E-state index contributed by atoms with van der Waals surface area (Å²) in [6, 6.07) is 6.45. The van der Waals surface area contributed by atoms with Gasteiger partial charge in [-0.2, -0.15) is 0 Å². The Morgan fingerprint density at radius 3 is 2.22 bits per heavy atom. The number of hydrogen-bond donors (Lipinski definition) is 1. The van der Waals surface area contributed by atoms with E-state index in [9.17, 15) is 14.4 Å². The second kappa shape index (κ2) is 6.02. The molecule has 1 saturated heterocycles. The fourth-order valence-electron chi connectivity index (χ4n) is 2.94. The summed E-state index contributed by atoms with van der Waals surface area (Å²) in [7, 11) is 1.32. The number of nitrogens with one attached hydrogen (secondary N) is 1. The number of anilines is 1. The molecule has 0 atom stereocenters. The maximum atomic E-state index is 12.5. The lowest BCUT2D eigenvalue weighted by Crippen LogP contribution is -2.41. The Hall–Kier alpha value is -2.37. The predicted octanol–water partition coefficient (Wildman–Crippen LogP) is 1.81. The van der Waals surface area contributed by atoms with Gasteiger partial charge in [0, 0.05) is 18.8 Å². The fraction of sp³-hybridized carbons (Fsp3) is 0.471. The summed E-state index contributed by atoms with van der Waals surface area (Å²) >= 11 is 0. The number of amides is 2. The first-order chi connectivity index (χ1) is 11.1. The Labute approximate surface area is 134 Å². The molecule has 0 spiro atoms. The van der Waals surface area contributed by atoms with E-state index in [4.69, 9.17) is 0 Å². The minimum absolute atomic E-state index is 0.0429. The molecule has 1 N–H and O–H groups in total. The smallest absolute Gasteiger partial charge is 0.337 e. The Morgan fingerprint density at radius 2 is 1.70 bits per heavy atom. The van der Waals surface area contributed by atoms with Crippen molar-refractivity contribution in [3.05, 3.63) is 29.8 Å². The molecule has 0 unspecified atom stereocenters. The summed E-state index contributed by atoms with van der Waals surface area (Å²) in [6.07, 6.45) is 3.24. The highest BCUT2D eigenvalue weighted by atomic mass is 16.5. The van der Waals surface area contributed by atoms with Crippen molar-refractivity contribution in [2.75, 3.05) is 25.5 Å². The maximum Gasteiger partial charge on any atom is 0.337 e. The molecule has 23 heavy (non-hydrogen) atoms. The zero-order valence-electron chi connectivity index (χ0n) is 13.1. The van der Waals surface area contributed by atoms with Gasteiger partial charge in [-0.1, -0.05) is 0 Å². The van der Waals surface area contributed by atoms with Gasteiger partial charge in [-0.15, -0.1) is 0 Å². The van der Waals surface area contributed by atoms with Gasteiger partial charge in [-0.3, -0.25) is 9.59 Å². The van der Waals surface area contributed by atoms with Crippen molar-refractivity contribution in [3.63, 3.8) is 0 Å². The van der Waals surface area contributed by atoms with E-state index in [0.717, 1.165) is 25.9 Å². The first-order valence-electron chi connectivity index (χ1n) is 7.86. The van der Waals surface area contributed by atoms with Crippen LogP contribution in [0.4, 0.5) is 5.69 Å². The number of benzene rings is 1. The van der Waals surface area contributed by atoms with Crippen LogP contribution < -0.4 is 5.32 Å². The molecule has 1 aromatic rings. The lowest BCUT2D eigenvalue weighted by atomic mass is 10.0. The van der Waals surface area contributed by atoms with Gasteiger partial charge in [-0.05, 0) is 49.9 Å². The minimum Gasteiger partial charge on any atom is -0.465 e. The number of ether oxygens (including phenoxy) is 1. The number of nitrogens with zero attached hydrogens (tertiary/aromatic N) is 1. The molecule has 6 nitrogen and oxygen atoms in total. The Kier molecular flexibility index (Phi) is 4.07. The lowest BCUT2D eigenvalue weighted by Gasteiger charge is -2.22. The van der Waals surface area contributed by atoms with E-state index in [1.54, 1.807) is 29.2 Å². The Morgan fingerprint density at radius 1 is 1.09 bits per heavy atom. The number of carbonyl (C=O) groups excluding carboxylic acids is 3. The van der Waals surface area contributed by atoms with Gasteiger partial charge < -0.3 is 15.0 Å². The zero-order valence-corrected chi connectivity index (χ0v) is 13.1. The number of rotatable bonds is 4. The minimum atomic E-state index is -0.884. The van der Waals surface area contributed by atoms with Crippen molar-refractivity contribution in [2.45, 2.75) is 25.7 Å². The summed E-state index contributed by atoms with van der Waals surface area (Å²) in [6.45, 7) is 1.50. The number of esters is 1. The Bertz CT molecular complexity index is 628. The van der Waals surface area contributed by atoms with Crippen molar-refractivity contribution < 1.29 is 19.1 Å². The molecule has 122 valence electrons. The fourth-order valence-corrected chi connectivity index (χ4v) is 2.94. The standard InChI is InChI=1S/C17H20N2O4/c1-23-14(20)12-4-6-13(7-5-12)18-15(21)17(8-9-17)16(22)19-10-2-3-11-19/h4-7H,2-3,8-11H2,1H3,(H,18,21). The molecule has 2 aliphatic rings. The van der Waals surface area contributed by atoms with Crippen LogP contribution in [-0.2, 0) is 14.3 Å². The van der Waals surface area contributed by atoms with E-state index in [1.807, 2.05) is 0 Å². The highest BCUT2D eigenvalue weighted by Crippen LogP contribution is 2.48. The van der Waals surface area contributed by atoms with E-state index < -0.39 is 11.4 Å². The van der Waals surface area contributed by atoms with Crippen LogP contribution in [0.5, 0.6) is 0 Å². The zero-order chi connectivity index (χ0) is 16.4. The molecule has 1 aliphatic carbocycles. The molecule has 6 heteroatoms. The van der Waals surface area contributed by atoms with Gasteiger partial charge in [0.1, 0.15) is 5.41 Å². The van der Waals surface area contributed by atoms with Crippen molar-refractivity contribution in [2.24, 2.45) is 5.41 Å². The molecule has 1 aromatic carbocycles. The third-order valence-corrected chi connectivity index (χ3v) is 4.55. The SMILES string of the molecule is COC(=O)c1ccc(NC(=O)C2(C(=O)N3CCCC3)CC2)cc1. The summed E-state index contributed by atoms with van der Waals surface area (Å²) in [5.41, 5.74) is 0.105. The van der Waals surface area contributed by atoms with Crippen LogP contribution in [0.3, 0.4) is 0 Å². The summed E-state index contributed by atoms with van der Waals surface area (Å²) in [4.78, 5) is 38.3. The second-order valence-electron chi connectivity index (χ2n) is 6.10. The molecule has 1 heterocycles. The quantitative estimate of drug-likeness (QED) is 0.679. The van der Waals surface area contributed by atoms with Crippen LogP contribution in [0.25, 0.3) is 0 Å². The normalized spacial score (nSPS) is 18.4.